The van der Waals surface area contributed by atoms with Crippen molar-refractivity contribution >= 4 is 16.4 Å². The molecule has 3 aromatic rings. The summed E-state index contributed by atoms with van der Waals surface area (Å²) in [5.41, 5.74) is 3.33. The zero-order valence-corrected chi connectivity index (χ0v) is 18.9. The Morgan fingerprint density at radius 2 is 1.70 bits per heavy atom. The van der Waals surface area contributed by atoms with E-state index >= 15 is 0 Å². The van der Waals surface area contributed by atoms with Gasteiger partial charge in [-0.2, -0.15) is 0 Å². The highest BCUT2D eigenvalue weighted by atomic mass is 32.2. The van der Waals surface area contributed by atoms with Gasteiger partial charge >= 0.3 is 5.97 Å². The summed E-state index contributed by atoms with van der Waals surface area (Å²) in [5.74, 6) is 3.07. The van der Waals surface area contributed by atoms with Crippen LogP contribution in [0.25, 0.3) is 4.90 Å². The van der Waals surface area contributed by atoms with Crippen molar-refractivity contribution in [2.45, 2.75) is 40.2 Å². The van der Waals surface area contributed by atoms with Crippen molar-refractivity contribution in [2.24, 2.45) is 0 Å². The number of aryl methyl sites for hydroxylation is 3. The zero-order valence-electron chi connectivity index (χ0n) is 18.1. The highest BCUT2D eigenvalue weighted by molar-refractivity contribution is 7.38. The maximum Gasteiger partial charge on any atom is 0.345 e. The lowest BCUT2D eigenvalue weighted by Crippen LogP contribution is -2.28. The average molecular weight is 420 g/mol. The molecule has 0 aliphatic carbocycles. The molecule has 1 aromatic heterocycles. The molecule has 0 aliphatic rings. The monoisotopic (exact) mass is 419 g/mol. The summed E-state index contributed by atoms with van der Waals surface area (Å²) in [7, 11) is -0.209. The molecule has 154 valence electrons. The van der Waals surface area contributed by atoms with Gasteiger partial charge in [0.05, 0.1) is 0 Å². The van der Waals surface area contributed by atoms with Crippen LogP contribution in [0.2, 0.25) is 0 Å². The van der Waals surface area contributed by atoms with Crippen molar-refractivity contribution in [3.8, 4) is 23.0 Å². The quantitative estimate of drug-likeness (QED) is 0.271. The first-order chi connectivity index (χ1) is 14.2. The van der Waals surface area contributed by atoms with Crippen molar-refractivity contribution in [1.29, 1.82) is 0 Å². The number of hydrogen-bond acceptors (Lipinski definition) is 3. The van der Waals surface area contributed by atoms with E-state index in [1.165, 1.54) is 0 Å². The number of hydrogen-bond donors (Lipinski definition) is 0. The van der Waals surface area contributed by atoms with Gasteiger partial charge in [0.2, 0.25) is 4.88 Å². The Balaban J connectivity index is 1.70. The second-order valence-corrected chi connectivity index (χ2v) is 9.73. The second kappa shape index (κ2) is 8.77. The molecule has 1 heterocycles. The number of benzene rings is 2. The molecule has 3 rings (SSSR count). The molecule has 4 heteroatoms. The molecule has 0 saturated carbocycles. The number of esters is 1. The number of ether oxygens (including phenoxy) is 2. The van der Waals surface area contributed by atoms with Gasteiger partial charge in [0.25, 0.3) is 0 Å². The van der Waals surface area contributed by atoms with Crippen LogP contribution in [0.1, 0.15) is 41.0 Å². The largest absolute Gasteiger partial charge is 0.481 e. The van der Waals surface area contributed by atoms with E-state index in [0.717, 1.165) is 32.0 Å². The maximum atomic E-state index is 12.5. The third-order valence-electron chi connectivity index (χ3n) is 4.98. The van der Waals surface area contributed by atoms with Crippen LogP contribution in [0.3, 0.4) is 0 Å². The lowest BCUT2D eigenvalue weighted by Gasteiger charge is -2.26. The molecule has 0 aliphatic heterocycles. The van der Waals surface area contributed by atoms with Gasteiger partial charge in [-0.1, -0.05) is 29.8 Å². The third-order valence-corrected chi connectivity index (χ3v) is 6.88. The van der Waals surface area contributed by atoms with Crippen molar-refractivity contribution < 1.29 is 14.3 Å². The van der Waals surface area contributed by atoms with Gasteiger partial charge in [-0.25, -0.2) is 4.79 Å². The molecule has 0 saturated heterocycles. The van der Waals surface area contributed by atoms with Crippen LogP contribution >= 0.6 is 10.5 Å². The second-order valence-electron chi connectivity index (χ2n) is 7.87. The number of rotatable bonds is 6. The van der Waals surface area contributed by atoms with Crippen LogP contribution in [-0.2, 0) is 15.1 Å². The van der Waals surface area contributed by atoms with E-state index in [0.29, 0.717) is 5.75 Å². The predicted molar refractivity (Wildman–Crippen MR) is 123 cm³/mol. The molecule has 30 heavy (non-hydrogen) atoms. The summed E-state index contributed by atoms with van der Waals surface area (Å²) >= 11 is 0. The fourth-order valence-corrected chi connectivity index (χ4v) is 5.15. The molecular formula is C26H27O3S+. The minimum Gasteiger partial charge on any atom is -0.481 e. The van der Waals surface area contributed by atoms with Crippen molar-refractivity contribution in [3.05, 3.63) is 81.0 Å². The Morgan fingerprint density at radius 1 is 1.07 bits per heavy atom. The molecule has 0 bridgehead atoms. The zero-order chi connectivity index (χ0) is 21.9. The van der Waals surface area contributed by atoms with Gasteiger partial charge in [-0.05, 0) is 63.3 Å². The Kier molecular flexibility index (Phi) is 6.34. The topological polar surface area (TPSA) is 35.5 Å². The summed E-state index contributed by atoms with van der Waals surface area (Å²) in [6, 6.07) is 16.1. The first-order valence-electron chi connectivity index (χ1n) is 9.82. The normalized spacial score (nSPS) is 11.7. The van der Waals surface area contributed by atoms with Gasteiger partial charge in [0.15, 0.2) is 11.5 Å². The Labute approximate surface area is 181 Å². The summed E-state index contributed by atoms with van der Waals surface area (Å²) in [5, 5.41) is 2.12. The summed E-state index contributed by atoms with van der Waals surface area (Å²) < 4.78 is 11.6. The number of carbonyl (C=O) groups is 1. The smallest absolute Gasteiger partial charge is 0.345 e. The van der Waals surface area contributed by atoms with Crippen molar-refractivity contribution in [3.63, 3.8) is 0 Å². The summed E-state index contributed by atoms with van der Waals surface area (Å²) in [4.78, 5) is 14.6. The number of terminal acetylenes is 1. The standard InChI is InChI=1S/C26H27O3S/c1-7-22-9-8-14-30(22)23-15-19(3)25(20(4)16-23)28-17-24(27)29-26(5,6)21-12-10-18(2)11-13-21/h1,8-16H,17H2,2-6H3/q+1. The first-order valence-corrected chi connectivity index (χ1v) is 11.1. The van der Waals surface area contributed by atoms with Crippen LogP contribution in [0.4, 0.5) is 0 Å². The molecule has 1 atom stereocenters. The Hall–Kier alpha value is -3.03. The van der Waals surface area contributed by atoms with Gasteiger partial charge in [-0.15, -0.1) is 6.42 Å². The Bertz CT molecular complexity index is 1080. The molecule has 0 spiro atoms. The van der Waals surface area contributed by atoms with Crippen LogP contribution in [0.15, 0.2) is 53.9 Å². The van der Waals surface area contributed by atoms with Crippen molar-refractivity contribution in [1.82, 2.24) is 0 Å². The molecule has 3 nitrogen and oxygen atoms in total. The van der Waals surface area contributed by atoms with Gasteiger partial charge in [0.1, 0.15) is 16.7 Å². The third kappa shape index (κ3) is 4.75. The van der Waals surface area contributed by atoms with Gasteiger partial charge in [-0.3, -0.25) is 0 Å². The molecular weight excluding hydrogens is 392 g/mol. The maximum absolute atomic E-state index is 12.5. The van der Waals surface area contributed by atoms with E-state index in [4.69, 9.17) is 15.9 Å². The lowest BCUT2D eigenvalue weighted by atomic mass is 9.97. The molecule has 1 unspecified atom stereocenters. The fourth-order valence-electron chi connectivity index (χ4n) is 3.39. The lowest BCUT2D eigenvalue weighted by molar-refractivity contribution is -0.159. The van der Waals surface area contributed by atoms with E-state index in [1.807, 2.05) is 71.0 Å². The Morgan fingerprint density at radius 3 is 2.30 bits per heavy atom. The minimum absolute atomic E-state index is 0.141. The minimum atomic E-state index is -0.726. The highest BCUT2D eigenvalue weighted by Crippen LogP contribution is 2.38. The predicted octanol–water partition coefficient (Wildman–Crippen LogP) is 6.19. The van der Waals surface area contributed by atoms with E-state index in [-0.39, 0.29) is 17.1 Å². The van der Waals surface area contributed by atoms with Crippen LogP contribution in [-0.4, -0.2) is 12.6 Å². The van der Waals surface area contributed by atoms with E-state index < -0.39 is 11.6 Å². The SMILES string of the molecule is C#Cc1ccc[s+]1-c1cc(C)c(OCC(=O)OC(C)(C)c2ccc(C)cc2)c(C)c1. The molecule has 0 N–H and O–H groups in total. The number of thiophene rings is 1. The van der Waals surface area contributed by atoms with Crippen LogP contribution in [0.5, 0.6) is 5.75 Å². The van der Waals surface area contributed by atoms with Crippen LogP contribution in [0, 0.1) is 33.1 Å². The molecule has 2 aromatic carbocycles. The van der Waals surface area contributed by atoms with Crippen LogP contribution < -0.4 is 4.74 Å². The first kappa shape index (κ1) is 21.7. The van der Waals surface area contributed by atoms with Crippen molar-refractivity contribution in [2.75, 3.05) is 6.61 Å². The van der Waals surface area contributed by atoms with E-state index in [9.17, 15) is 4.79 Å². The average Bonchev–Trinajstić information content (AvgIpc) is 3.16. The van der Waals surface area contributed by atoms with Gasteiger partial charge in [0, 0.05) is 28.7 Å². The van der Waals surface area contributed by atoms with E-state index in [2.05, 4.69) is 23.4 Å². The fraction of sp³-hybridized carbons (Fsp3) is 0.269. The van der Waals surface area contributed by atoms with E-state index in [1.54, 1.807) is 0 Å². The molecule has 0 fully saturated rings. The van der Waals surface area contributed by atoms with Gasteiger partial charge < -0.3 is 9.47 Å². The summed E-state index contributed by atoms with van der Waals surface area (Å²) in [6.45, 7) is 9.61. The molecule has 0 radical (unpaired) electrons. The highest BCUT2D eigenvalue weighted by Gasteiger charge is 2.26. The number of carbonyl (C=O) groups excluding carboxylic acids is 1. The molecule has 0 amide bonds. The summed E-state index contributed by atoms with van der Waals surface area (Å²) in [6.07, 6.45) is 5.62.